The molecule has 0 unspecified atom stereocenters. The molecule has 2 rings (SSSR count). The van der Waals surface area contributed by atoms with Crippen molar-refractivity contribution in [1.29, 1.82) is 0 Å². The molecule has 84 valence electrons. The number of halogens is 2. The van der Waals surface area contributed by atoms with Crippen molar-refractivity contribution >= 4 is 38.9 Å². The lowest BCUT2D eigenvalue weighted by Crippen LogP contribution is -2.04. The Hall–Kier alpha value is -0.420. The van der Waals surface area contributed by atoms with Crippen molar-refractivity contribution in [2.24, 2.45) is 0 Å². The highest BCUT2D eigenvalue weighted by Crippen LogP contribution is 2.30. The summed E-state index contributed by atoms with van der Waals surface area (Å²) >= 11 is 11.0. The minimum atomic E-state index is 0.718. The van der Waals surface area contributed by atoms with Crippen molar-refractivity contribution in [1.82, 2.24) is 10.3 Å². The Balaban J connectivity index is 2.31. The molecular weight excluding hydrogens is 308 g/mol. The van der Waals surface area contributed by atoms with Crippen molar-refractivity contribution in [2.75, 3.05) is 7.05 Å². The third-order valence-corrected chi connectivity index (χ3v) is 4.23. The fourth-order valence-electron chi connectivity index (χ4n) is 1.33. The molecule has 0 aliphatic rings. The smallest absolute Gasteiger partial charge is 0.123 e. The highest BCUT2D eigenvalue weighted by atomic mass is 79.9. The van der Waals surface area contributed by atoms with Gasteiger partial charge in [0.1, 0.15) is 5.01 Å². The molecule has 2 nitrogen and oxygen atoms in total. The van der Waals surface area contributed by atoms with Gasteiger partial charge in [0.05, 0.1) is 10.7 Å². The van der Waals surface area contributed by atoms with Crippen molar-refractivity contribution in [3.8, 4) is 10.6 Å². The van der Waals surface area contributed by atoms with Crippen LogP contribution in [0.1, 0.15) is 5.69 Å². The topological polar surface area (TPSA) is 24.9 Å². The van der Waals surface area contributed by atoms with Crippen molar-refractivity contribution < 1.29 is 0 Å². The number of nitrogens with one attached hydrogen (secondary N) is 1. The van der Waals surface area contributed by atoms with Crippen LogP contribution in [0.4, 0.5) is 0 Å². The number of benzene rings is 1. The van der Waals surface area contributed by atoms with Gasteiger partial charge in [-0.3, -0.25) is 0 Å². The lowest BCUT2D eigenvalue weighted by molar-refractivity contribution is 0.798. The predicted octanol–water partition coefficient (Wildman–Crippen LogP) is 3.95. The van der Waals surface area contributed by atoms with Crippen LogP contribution in [0.5, 0.6) is 0 Å². The number of thiazole rings is 1. The van der Waals surface area contributed by atoms with E-state index in [1.807, 2.05) is 25.2 Å². The molecule has 16 heavy (non-hydrogen) atoms. The number of hydrogen-bond acceptors (Lipinski definition) is 3. The van der Waals surface area contributed by atoms with Gasteiger partial charge in [-0.2, -0.15) is 0 Å². The fraction of sp³-hybridized carbons (Fsp3) is 0.182. The molecule has 1 aromatic heterocycles. The molecule has 0 spiro atoms. The fourth-order valence-corrected chi connectivity index (χ4v) is 2.64. The summed E-state index contributed by atoms with van der Waals surface area (Å²) in [7, 11) is 1.91. The van der Waals surface area contributed by atoms with E-state index in [-0.39, 0.29) is 0 Å². The second-order valence-electron chi connectivity index (χ2n) is 3.30. The van der Waals surface area contributed by atoms with Crippen LogP contribution in [0, 0.1) is 0 Å². The van der Waals surface area contributed by atoms with E-state index < -0.39 is 0 Å². The van der Waals surface area contributed by atoms with E-state index in [0.29, 0.717) is 0 Å². The SMILES string of the molecule is CNCc1csc(-c2ccc(Cl)c(Br)c2)n1. The van der Waals surface area contributed by atoms with Gasteiger partial charge in [0.15, 0.2) is 0 Å². The summed E-state index contributed by atoms with van der Waals surface area (Å²) in [4.78, 5) is 4.53. The number of rotatable bonds is 3. The Kier molecular flexibility index (Phi) is 3.97. The van der Waals surface area contributed by atoms with Crippen LogP contribution in [0.2, 0.25) is 5.02 Å². The molecule has 0 atom stereocenters. The van der Waals surface area contributed by atoms with Crippen LogP contribution in [0.15, 0.2) is 28.1 Å². The van der Waals surface area contributed by atoms with Crippen molar-refractivity contribution in [3.05, 3.63) is 38.8 Å². The predicted molar refractivity (Wildman–Crippen MR) is 73.0 cm³/mol. The van der Waals surface area contributed by atoms with Crippen LogP contribution in [0.25, 0.3) is 10.6 Å². The highest BCUT2D eigenvalue weighted by Gasteiger charge is 2.06. The number of nitrogens with zero attached hydrogens (tertiary/aromatic N) is 1. The summed E-state index contributed by atoms with van der Waals surface area (Å²) in [5.41, 5.74) is 2.15. The van der Waals surface area contributed by atoms with E-state index in [2.05, 4.69) is 31.6 Å². The zero-order valence-corrected chi connectivity index (χ0v) is 11.8. The van der Waals surface area contributed by atoms with Crippen LogP contribution >= 0.6 is 38.9 Å². The van der Waals surface area contributed by atoms with Gasteiger partial charge >= 0.3 is 0 Å². The van der Waals surface area contributed by atoms with E-state index in [4.69, 9.17) is 11.6 Å². The third-order valence-electron chi connectivity index (χ3n) is 2.08. The normalized spacial score (nSPS) is 10.7. The lowest BCUT2D eigenvalue weighted by Gasteiger charge is -1.99. The monoisotopic (exact) mass is 316 g/mol. The molecule has 5 heteroatoms. The first kappa shape index (κ1) is 12.0. The molecule has 0 bridgehead atoms. The molecule has 1 heterocycles. The largest absolute Gasteiger partial charge is 0.314 e. The second kappa shape index (κ2) is 5.27. The highest BCUT2D eigenvalue weighted by molar-refractivity contribution is 9.10. The maximum absolute atomic E-state index is 5.95. The van der Waals surface area contributed by atoms with Gasteiger partial charge in [-0.05, 0) is 35.1 Å². The van der Waals surface area contributed by atoms with Crippen LogP contribution in [-0.4, -0.2) is 12.0 Å². The van der Waals surface area contributed by atoms with E-state index >= 15 is 0 Å². The number of aromatic nitrogens is 1. The lowest BCUT2D eigenvalue weighted by atomic mass is 10.2. The Morgan fingerprint density at radius 2 is 2.31 bits per heavy atom. The van der Waals surface area contributed by atoms with Crippen LogP contribution in [0.3, 0.4) is 0 Å². The molecule has 0 aliphatic heterocycles. The molecule has 1 N–H and O–H groups in total. The maximum atomic E-state index is 5.95. The average Bonchev–Trinajstić information content (AvgIpc) is 2.71. The molecular formula is C11H10BrClN2S. The van der Waals surface area contributed by atoms with E-state index in [9.17, 15) is 0 Å². The second-order valence-corrected chi connectivity index (χ2v) is 5.42. The van der Waals surface area contributed by atoms with Gasteiger partial charge < -0.3 is 5.32 Å². The van der Waals surface area contributed by atoms with Gasteiger partial charge in [0, 0.05) is 22.0 Å². The van der Waals surface area contributed by atoms with E-state index in [0.717, 1.165) is 32.3 Å². The molecule has 0 aliphatic carbocycles. The van der Waals surface area contributed by atoms with Crippen molar-refractivity contribution in [3.63, 3.8) is 0 Å². The summed E-state index contributed by atoms with van der Waals surface area (Å²) in [5.74, 6) is 0. The summed E-state index contributed by atoms with van der Waals surface area (Å²) < 4.78 is 0.900. The van der Waals surface area contributed by atoms with E-state index in [1.165, 1.54) is 0 Å². The molecule has 0 radical (unpaired) electrons. The minimum Gasteiger partial charge on any atom is -0.314 e. The summed E-state index contributed by atoms with van der Waals surface area (Å²) in [5, 5.41) is 6.88. The molecule has 1 aromatic carbocycles. The Morgan fingerprint density at radius 3 is 3.00 bits per heavy atom. The van der Waals surface area contributed by atoms with Crippen LogP contribution < -0.4 is 5.32 Å². The van der Waals surface area contributed by atoms with Crippen molar-refractivity contribution in [2.45, 2.75) is 6.54 Å². The Morgan fingerprint density at radius 1 is 1.50 bits per heavy atom. The Labute approximate surface area is 112 Å². The molecule has 0 saturated carbocycles. The summed E-state index contributed by atoms with van der Waals surface area (Å²) in [6, 6.07) is 5.85. The van der Waals surface area contributed by atoms with Gasteiger partial charge in [-0.25, -0.2) is 4.98 Å². The number of hydrogen-bond donors (Lipinski definition) is 1. The quantitative estimate of drug-likeness (QED) is 0.927. The first-order valence-electron chi connectivity index (χ1n) is 4.75. The Bertz CT molecular complexity index is 498. The van der Waals surface area contributed by atoms with Gasteiger partial charge in [-0.1, -0.05) is 17.7 Å². The standard InChI is InChI=1S/C11H10BrClN2S/c1-14-5-8-6-16-11(15-8)7-2-3-10(13)9(12)4-7/h2-4,6,14H,5H2,1H3. The summed E-state index contributed by atoms with van der Waals surface area (Å²) in [6.07, 6.45) is 0. The minimum absolute atomic E-state index is 0.718. The molecule has 0 fully saturated rings. The maximum Gasteiger partial charge on any atom is 0.123 e. The van der Waals surface area contributed by atoms with Gasteiger partial charge in [-0.15, -0.1) is 11.3 Å². The first-order chi connectivity index (χ1) is 7.70. The average molecular weight is 318 g/mol. The molecule has 2 aromatic rings. The first-order valence-corrected chi connectivity index (χ1v) is 6.80. The molecule has 0 saturated heterocycles. The van der Waals surface area contributed by atoms with Gasteiger partial charge in [0.25, 0.3) is 0 Å². The third kappa shape index (κ3) is 2.63. The zero-order chi connectivity index (χ0) is 11.5. The molecule has 0 amide bonds. The van der Waals surface area contributed by atoms with Crippen LogP contribution in [-0.2, 0) is 6.54 Å². The van der Waals surface area contributed by atoms with E-state index in [1.54, 1.807) is 11.3 Å². The van der Waals surface area contributed by atoms with Gasteiger partial charge in [0.2, 0.25) is 0 Å². The zero-order valence-electron chi connectivity index (χ0n) is 8.63. The summed E-state index contributed by atoms with van der Waals surface area (Å²) in [6.45, 7) is 0.797.